The Morgan fingerprint density at radius 3 is 2.63 bits per heavy atom. The van der Waals surface area contributed by atoms with E-state index in [-0.39, 0.29) is 11.8 Å². The number of pyridine rings is 2. The predicted octanol–water partition coefficient (Wildman–Crippen LogP) is 4.05. The first-order chi connectivity index (χ1) is 13.2. The molecule has 27 heavy (non-hydrogen) atoms. The van der Waals surface area contributed by atoms with Crippen molar-refractivity contribution >= 4 is 6.08 Å². The molecule has 2 aliphatic rings. The minimum Gasteiger partial charge on any atom is -0.440 e. The lowest BCUT2D eigenvalue weighted by molar-refractivity contribution is 0.268. The van der Waals surface area contributed by atoms with E-state index in [0.29, 0.717) is 11.5 Å². The van der Waals surface area contributed by atoms with Crippen molar-refractivity contribution < 1.29 is 4.74 Å². The van der Waals surface area contributed by atoms with E-state index in [4.69, 9.17) is 10.5 Å². The minimum atomic E-state index is -0.215. The summed E-state index contributed by atoms with van der Waals surface area (Å²) in [6, 6.07) is 10.1. The summed E-state index contributed by atoms with van der Waals surface area (Å²) < 4.78 is 5.98. The summed E-state index contributed by atoms with van der Waals surface area (Å²) in [5, 5.41) is 9.72. The average Bonchev–Trinajstić information content (AvgIpc) is 2.69. The van der Waals surface area contributed by atoms with Gasteiger partial charge in [0.25, 0.3) is 0 Å². The van der Waals surface area contributed by atoms with Gasteiger partial charge in [0.2, 0.25) is 5.88 Å². The molecule has 1 aliphatic carbocycles. The molecule has 5 heteroatoms. The molecule has 0 saturated heterocycles. The van der Waals surface area contributed by atoms with Crippen LogP contribution in [0.5, 0.6) is 0 Å². The largest absolute Gasteiger partial charge is 0.440 e. The summed E-state index contributed by atoms with van der Waals surface area (Å²) in [6.07, 6.45) is 11.0. The molecule has 2 N–H and O–H groups in total. The van der Waals surface area contributed by atoms with Crippen LogP contribution in [0.1, 0.15) is 36.8 Å². The van der Waals surface area contributed by atoms with Crippen molar-refractivity contribution in [3.05, 3.63) is 88.5 Å². The first-order valence-corrected chi connectivity index (χ1v) is 8.99. The molecule has 0 bridgehead atoms. The standard InChI is InChI=1S/C22H20N4O/c1-14-8-17(10-15-4-2-6-25-12-15)21-18(9-14)20(16-5-3-7-26-13-16)19(11-23)22(24)27-21/h2-7,10,12-14,20H,8-9,24H2,1H3/b17-10+/t14-,20+/m1/s1. The van der Waals surface area contributed by atoms with Gasteiger partial charge in [-0.1, -0.05) is 19.1 Å². The molecule has 1 aliphatic heterocycles. The van der Waals surface area contributed by atoms with Gasteiger partial charge >= 0.3 is 0 Å². The first kappa shape index (κ1) is 17.0. The molecular weight excluding hydrogens is 336 g/mol. The Kier molecular flexibility index (Phi) is 4.47. The molecule has 0 saturated carbocycles. The highest BCUT2D eigenvalue weighted by molar-refractivity contribution is 5.61. The number of hydrogen-bond acceptors (Lipinski definition) is 5. The second kappa shape index (κ2) is 7.08. The number of hydrogen-bond donors (Lipinski definition) is 1. The van der Waals surface area contributed by atoms with Crippen molar-refractivity contribution in [3.8, 4) is 6.07 Å². The second-order valence-corrected chi connectivity index (χ2v) is 7.03. The fourth-order valence-corrected chi connectivity index (χ4v) is 3.90. The van der Waals surface area contributed by atoms with Crippen LogP contribution in [0.25, 0.3) is 6.08 Å². The summed E-state index contributed by atoms with van der Waals surface area (Å²) in [4.78, 5) is 8.43. The number of nitriles is 1. The zero-order chi connectivity index (χ0) is 18.8. The number of nitrogens with two attached hydrogens (primary N) is 1. The zero-order valence-electron chi connectivity index (χ0n) is 15.1. The lowest BCUT2D eigenvalue weighted by Gasteiger charge is -2.35. The molecule has 2 aromatic heterocycles. The lowest BCUT2D eigenvalue weighted by atomic mass is 9.74. The molecule has 0 aromatic carbocycles. The van der Waals surface area contributed by atoms with Gasteiger partial charge in [-0.2, -0.15) is 5.26 Å². The van der Waals surface area contributed by atoms with Crippen LogP contribution in [0.3, 0.4) is 0 Å². The van der Waals surface area contributed by atoms with E-state index >= 15 is 0 Å². The Bertz CT molecular complexity index is 984. The van der Waals surface area contributed by atoms with Gasteiger partial charge in [0, 0.05) is 24.8 Å². The second-order valence-electron chi connectivity index (χ2n) is 7.03. The highest BCUT2D eigenvalue weighted by atomic mass is 16.5. The van der Waals surface area contributed by atoms with Crippen molar-refractivity contribution in [3.63, 3.8) is 0 Å². The van der Waals surface area contributed by atoms with E-state index in [2.05, 4.69) is 29.0 Å². The van der Waals surface area contributed by atoms with Gasteiger partial charge in [-0.25, -0.2) is 0 Å². The molecule has 4 rings (SSSR count). The molecule has 0 fully saturated rings. The monoisotopic (exact) mass is 356 g/mol. The molecule has 3 heterocycles. The zero-order valence-corrected chi connectivity index (χ0v) is 15.1. The normalized spacial score (nSPS) is 23.6. The topological polar surface area (TPSA) is 84.8 Å². The van der Waals surface area contributed by atoms with Crippen molar-refractivity contribution in [1.29, 1.82) is 5.26 Å². The highest BCUT2D eigenvalue weighted by Crippen LogP contribution is 2.48. The van der Waals surface area contributed by atoms with E-state index in [1.54, 1.807) is 18.6 Å². The Labute approximate surface area is 158 Å². The summed E-state index contributed by atoms with van der Waals surface area (Å²) >= 11 is 0. The summed E-state index contributed by atoms with van der Waals surface area (Å²) in [7, 11) is 0. The number of nitrogens with zero attached hydrogens (tertiary/aromatic N) is 3. The minimum absolute atomic E-state index is 0.178. The summed E-state index contributed by atoms with van der Waals surface area (Å²) in [5.41, 5.74) is 10.8. The van der Waals surface area contributed by atoms with Gasteiger partial charge in [-0.15, -0.1) is 0 Å². The molecule has 134 valence electrons. The highest BCUT2D eigenvalue weighted by Gasteiger charge is 2.37. The Balaban J connectivity index is 1.87. The fraction of sp³-hybridized carbons (Fsp3) is 0.227. The van der Waals surface area contributed by atoms with Crippen LogP contribution in [-0.4, -0.2) is 9.97 Å². The SMILES string of the molecule is C[C@H]1CC2=C(OC(N)=C(C#N)[C@H]2c2cccnc2)/C(=C/c2cccnc2)C1. The molecule has 0 radical (unpaired) electrons. The third-order valence-corrected chi connectivity index (χ3v) is 5.00. The number of aromatic nitrogens is 2. The van der Waals surface area contributed by atoms with E-state index in [9.17, 15) is 5.26 Å². The molecular formula is C22H20N4O. The van der Waals surface area contributed by atoms with Crippen molar-refractivity contribution in [2.75, 3.05) is 0 Å². The smallest absolute Gasteiger partial charge is 0.205 e. The molecule has 5 nitrogen and oxygen atoms in total. The quantitative estimate of drug-likeness (QED) is 0.877. The van der Waals surface area contributed by atoms with Gasteiger partial charge in [0.15, 0.2) is 0 Å². The van der Waals surface area contributed by atoms with E-state index < -0.39 is 0 Å². The van der Waals surface area contributed by atoms with Crippen LogP contribution in [0.15, 0.2) is 77.4 Å². The molecule has 0 unspecified atom stereocenters. The Hall–Kier alpha value is -3.39. The first-order valence-electron chi connectivity index (χ1n) is 8.99. The Morgan fingerprint density at radius 2 is 1.96 bits per heavy atom. The molecule has 2 atom stereocenters. The number of allylic oxidation sites excluding steroid dienone is 3. The van der Waals surface area contributed by atoms with E-state index in [0.717, 1.165) is 40.9 Å². The van der Waals surface area contributed by atoms with Crippen molar-refractivity contribution in [2.24, 2.45) is 11.7 Å². The Morgan fingerprint density at radius 1 is 1.19 bits per heavy atom. The van der Waals surface area contributed by atoms with Crippen LogP contribution in [0.4, 0.5) is 0 Å². The van der Waals surface area contributed by atoms with Crippen molar-refractivity contribution in [1.82, 2.24) is 9.97 Å². The van der Waals surface area contributed by atoms with Crippen LogP contribution in [0.2, 0.25) is 0 Å². The predicted molar refractivity (Wildman–Crippen MR) is 103 cm³/mol. The van der Waals surface area contributed by atoms with Gasteiger partial charge in [-0.3, -0.25) is 9.97 Å². The van der Waals surface area contributed by atoms with Crippen LogP contribution >= 0.6 is 0 Å². The van der Waals surface area contributed by atoms with Gasteiger partial charge in [0.05, 0.1) is 5.92 Å². The van der Waals surface area contributed by atoms with Crippen LogP contribution < -0.4 is 5.73 Å². The van der Waals surface area contributed by atoms with Crippen LogP contribution in [0, 0.1) is 17.2 Å². The maximum Gasteiger partial charge on any atom is 0.205 e. The maximum atomic E-state index is 9.72. The molecule has 2 aromatic rings. The van der Waals surface area contributed by atoms with E-state index in [1.165, 1.54) is 0 Å². The number of ether oxygens (including phenoxy) is 1. The lowest BCUT2D eigenvalue weighted by Crippen LogP contribution is -2.26. The summed E-state index contributed by atoms with van der Waals surface area (Å²) in [6.45, 7) is 2.22. The average molecular weight is 356 g/mol. The maximum absolute atomic E-state index is 9.72. The third kappa shape index (κ3) is 3.22. The van der Waals surface area contributed by atoms with Gasteiger partial charge in [0.1, 0.15) is 17.4 Å². The van der Waals surface area contributed by atoms with E-state index in [1.807, 2.05) is 30.5 Å². The van der Waals surface area contributed by atoms with Crippen molar-refractivity contribution in [2.45, 2.75) is 25.7 Å². The van der Waals surface area contributed by atoms with Gasteiger partial charge in [-0.05, 0) is 59.2 Å². The number of rotatable bonds is 2. The summed E-state index contributed by atoms with van der Waals surface area (Å²) in [5.74, 6) is 1.19. The van der Waals surface area contributed by atoms with Crippen LogP contribution in [-0.2, 0) is 4.74 Å². The van der Waals surface area contributed by atoms with Gasteiger partial charge < -0.3 is 10.5 Å². The third-order valence-electron chi connectivity index (χ3n) is 5.00. The molecule has 0 amide bonds. The fourth-order valence-electron chi connectivity index (χ4n) is 3.90. The molecule has 0 spiro atoms.